The van der Waals surface area contributed by atoms with Crippen molar-refractivity contribution in [2.45, 2.75) is 38.5 Å². The maximum Gasteiger partial charge on any atom is 0.328 e. The van der Waals surface area contributed by atoms with Crippen molar-refractivity contribution < 1.29 is 24.2 Å². The number of carbonyl (C=O) groups excluding carboxylic acids is 3. The van der Waals surface area contributed by atoms with Crippen LogP contribution in [0, 0.1) is 5.92 Å². The number of nitrogens with one attached hydrogen (secondary N) is 2. The molecule has 0 aromatic heterocycles. The van der Waals surface area contributed by atoms with E-state index < -0.39 is 36.0 Å². The molecule has 0 radical (unpaired) electrons. The predicted octanol–water partition coefficient (Wildman–Crippen LogP) is 2.22. The van der Waals surface area contributed by atoms with Crippen molar-refractivity contribution in [3.05, 3.63) is 71.8 Å². The van der Waals surface area contributed by atoms with Gasteiger partial charge < -0.3 is 20.5 Å². The first-order valence-corrected chi connectivity index (χ1v) is 9.80. The summed E-state index contributed by atoms with van der Waals surface area (Å²) in [5, 5.41) is 16.1. The molecule has 0 aliphatic rings. The average Bonchev–Trinajstić information content (AvgIpc) is 2.76. The summed E-state index contributed by atoms with van der Waals surface area (Å²) >= 11 is 0. The molecule has 30 heavy (non-hydrogen) atoms. The molecule has 0 heterocycles. The summed E-state index contributed by atoms with van der Waals surface area (Å²) in [6.45, 7) is 3.82. The highest BCUT2D eigenvalue weighted by Crippen LogP contribution is 2.19. The summed E-state index contributed by atoms with van der Waals surface area (Å²) in [5.74, 6) is -1.67. The van der Waals surface area contributed by atoms with Crippen LogP contribution in [0.2, 0.25) is 0 Å². The molecule has 0 aliphatic heterocycles. The Bertz CT molecular complexity index is 839. The average molecular weight is 412 g/mol. The number of hydrogen-bond acceptors (Lipinski definition) is 5. The van der Waals surface area contributed by atoms with E-state index in [0.29, 0.717) is 17.5 Å². The highest BCUT2D eigenvalue weighted by atomic mass is 16.5. The monoisotopic (exact) mass is 412 g/mol. The second kappa shape index (κ2) is 11.1. The fourth-order valence-electron chi connectivity index (χ4n) is 3.06. The number of aliphatic hydroxyl groups is 1. The van der Waals surface area contributed by atoms with Gasteiger partial charge in [0, 0.05) is 5.56 Å². The Kier molecular flexibility index (Phi) is 8.55. The van der Waals surface area contributed by atoms with Gasteiger partial charge in [0.15, 0.2) is 6.10 Å². The summed E-state index contributed by atoms with van der Waals surface area (Å²) in [6.07, 6.45) is -1.25. The number of ether oxygens (including phenoxy) is 1. The Morgan fingerprint density at radius 2 is 1.50 bits per heavy atom. The summed E-state index contributed by atoms with van der Waals surface area (Å²) in [5.41, 5.74) is 0.959. The number of rotatable bonds is 9. The van der Waals surface area contributed by atoms with Crippen LogP contribution in [0.5, 0.6) is 0 Å². The molecule has 7 nitrogen and oxygen atoms in total. The lowest BCUT2D eigenvalue weighted by Gasteiger charge is -2.26. The number of carbonyl (C=O) groups is 3. The molecule has 0 spiro atoms. The molecular formula is C23H28N2O5. The second-order valence-corrected chi connectivity index (χ2v) is 7.39. The van der Waals surface area contributed by atoms with Crippen molar-refractivity contribution in [1.82, 2.24) is 10.6 Å². The summed E-state index contributed by atoms with van der Waals surface area (Å²) in [7, 11) is 1.24. The third-order valence-corrected chi connectivity index (χ3v) is 4.57. The molecule has 2 aromatic rings. The maximum absolute atomic E-state index is 12.8. The van der Waals surface area contributed by atoms with Crippen LogP contribution < -0.4 is 10.6 Å². The highest BCUT2D eigenvalue weighted by molar-refractivity contribution is 5.95. The van der Waals surface area contributed by atoms with Gasteiger partial charge in [-0.2, -0.15) is 0 Å². The first-order chi connectivity index (χ1) is 14.3. The molecule has 0 saturated heterocycles. The maximum atomic E-state index is 12.8. The third-order valence-electron chi connectivity index (χ3n) is 4.57. The van der Waals surface area contributed by atoms with Gasteiger partial charge in [-0.15, -0.1) is 0 Å². The lowest BCUT2D eigenvalue weighted by atomic mass is 9.98. The zero-order valence-corrected chi connectivity index (χ0v) is 17.4. The Labute approximate surface area is 176 Å². The predicted molar refractivity (Wildman–Crippen MR) is 112 cm³/mol. The fraction of sp³-hybridized carbons (Fsp3) is 0.348. The lowest BCUT2D eigenvalue weighted by molar-refractivity contribution is -0.147. The molecule has 2 aromatic carbocycles. The van der Waals surface area contributed by atoms with Crippen LogP contribution >= 0.6 is 0 Å². The second-order valence-electron chi connectivity index (χ2n) is 7.39. The molecule has 2 amide bonds. The summed E-state index contributed by atoms with van der Waals surface area (Å²) in [6, 6.07) is 15.3. The number of amides is 2. The van der Waals surface area contributed by atoms with Crippen LogP contribution in [0.25, 0.3) is 0 Å². The van der Waals surface area contributed by atoms with Crippen molar-refractivity contribution in [3.8, 4) is 0 Å². The van der Waals surface area contributed by atoms with Crippen LogP contribution in [0.4, 0.5) is 0 Å². The van der Waals surface area contributed by atoms with Gasteiger partial charge in [0.2, 0.25) is 0 Å². The first kappa shape index (κ1) is 23.1. The zero-order chi connectivity index (χ0) is 22.1. The molecule has 2 rings (SSSR count). The summed E-state index contributed by atoms with van der Waals surface area (Å²) in [4.78, 5) is 37.4. The van der Waals surface area contributed by atoms with Gasteiger partial charge in [-0.25, -0.2) is 4.79 Å². The molecule has 0 fully saturated rings. The Morgan fingerprint density at radius 3 is 2.03 bits per heavy atom. The van der Waals surface area contributed by atoms with Gasteiger partial charge >= 0.3 is 5.97 Å². The van der Waals surface area contributed by atoms with Crippen molar-refractivity contribution in [1.29, 1.82) is 0 Å². The van der Waals surface area contributed by atoms with Crippen molar-refractivity contribution in [2.75, 3.05) is 7.11 Å². The zero-order valence-electron chi connectivity index (χ0n) is 17.4. The van der Waals surface area contributed by atoms with Crippen molar-refractivity contribution in [3.63, 3.8) is 0 Å². The molecular weight excluding hydrogens is 384 g/mol. The van der Waals surface area contributed by atoms with E-state index in [1.165, 1.54) is 7.11 Å². The molecule has 7 heteroatoms. The largest absolute Gasteiger partial charge is 0.467 e. The number of benzene rings is 2. The molecule has 0 saturated carbocycles. The Morgan fingerprint density at radius 1 is 0.933 bits per heavy atom. The standard InChI is InChI=1S/C23H28N2O5/c1-15(2)14-18(23(29)30-3)24-22(28)20(26)19(16-10-6-4-7-11-16)25-21(27)17-12-8-5-9-13-17/h4-13,15,18-20,26H,14H2,1-3H3,(H,24,28)(H,25,27)/t18-,19+,20-/m1/s1. The lowest BCUT2D eigenvalue weighted by Crippen LogP contribution is -2.50. The molecule has 3 atom stereocenters. The van der Waals surface area contributed by atoms with E-state index >= 15 is 0 Å². The van der Waals surface area contributed by atoms with Crippen molar-refractivity contribution >= 4 is 17.8 Å². The van der Waals surface area contributed by atoms with Gasteiger partial charge in [-0.3, -0.25) is 9.59 Å². The first-order valence-electron chi connectivity index (χ1n) is 9.80. The van der Waals surface area contributed by atoms with Gasteiger partial charge in [0.25, 0.3) is 11.8 Å². The van der Waals surface area contributed by atoms with E-state index in [2.05, 4.69) is 10.6 Å². The van der Waals surface area contributed by atoms with E-state index in [9.17, 15) is 19.5 Å². The van der Waals surface area contributed by atoms with Gasteiger partial charge in [0.05, 0.1) is 13.2 Å². The Balaban J connectivity index is 2.23. The number of hydrogen-bond donors (Lipinski definition) is 3. The third kappa shape index (κ3) is 6.42. The van der Waals surface area contributed by atoms with Crippen LogP contribution in [-0.4, -0.2) is 42.1 Å². The quantitative estimate of drug-likeness (QED) is 0.548. The van der Waals surface area contributed by atoms with E-state index in [4.69, 9.17) is 4.74 Å². The van der Waals surface area contributed by atoms with Gasteiger partial charge in [0.1, 0.15) is 6.04 Å². The van der Waals surface area contributed by atoms with E-state index in [1.54, 1.807) is 60.7 Å². The SMILES string of the molecule is COC(=O)[C@@H](CC(C)C)NC(=O)[C@H](O)[C@@H](NC(=O)c1ccccc1)c1ccccc1. The number of methoxy groups -OCH3 is 1. The van der Waals surface area contributed by atoms with Crippen LogP contribution in [0.1, 0.15) is 42.2 Å². The minimum Gasteiger partial charge on any atom is -0.467 e. The van der Waals surface area contributed by atoms with Gasteiger partial charge in [-0.05, 0) is 30.0 Å². The molecule has 160 valence electrons. The molecule has 0 unspecified atom stereocenters. The van der Waals surface area contributed by atoms with Crippen LogP contribution in [0.3, 0.4) is 0 Å². The van der Waals surface area contributed by atoms with Crippen LogP contribution in [-0.2, 0) is 14.3 Å². The smallest absolute Gasteiger partial charge is 0.328 e. The molecule has 0 bridgehead atoms. The number of esters is 1. The minimum absolute atomic E-state index is 0.120. The van der Waals surface area contributed by atoms with Gasteiger partial charge in [-0.1, -0.05) is 62.4 Å². The highest BCUT2D eigenvalue weighted by Gasteiger charge is 2.32. The minimum atomic E-state index is -1.61. The fourth-order valence-corrected chi connectivity index (χ4v) is 3.06. The van der Waals surface area contributed by atoms with Crippen molar-refractivity contribution in [2.24, 2.45) is 5.92 Å². The van der Waals surface area contributed by atoms with E-state index in [-0.39, 0.29) is 5.92 Å². The number of aliphatic hydroxyl groups excluding tert-OH is 1. The van der Waals surface area contributed by atoms with E-state index in [0.717, 1.165) is 0 Å². The van der Waals surface area contributed by atoms with E-state index in [1.807, 2.05) is 13.8 Å². The van der Waals surface area contributed by atoms with Crippen LogP contribution in [0.15, 0.2) is 60.7 Å². The molecule has 0 aliphatic carbocycles. The topological polar surface area (TPSA) is 105 Å². The molecule has 3 N–H and O–H groups in total. The Hall–Kier alpha value is -3.19. The normalized spacial score (nSPS) is 13.8. The summed E-state index contributed by atoms with van der Waals surface area (Å²) < 4.78 is 4.76.